The zero-order valence-corrected chi connectivity index (χ0v) is 16.3. The average molecular weight is 362 g/mol. The molecule has 7 heteroatoms. The summed E-state index contributed by atoms with van der Waals surface area (Å²) in [6.45, 7) is 10.9. The molecule has 1 fully saturated rings. The third-order valence-corrected chi connectivity index (χ3v) is 5.37. The molecular formula is C18H27N5OS. The first-order valence-electron chi connectivity index (χ1n) is 8.88. The largest absolute Gasteiger partial charge is 0.353 e. The molecule has 0 aromatic carbocycles. The second kappa shape index (κ2) is 7.25. The molecule has 1 aliphatic rings. The van der Waals surface area contributed by atoms with Gasteiger partial charge in [-0.3, -0.25) is 9.69 Å². The van der Waals surface area contributed by atoms with Gasteiger partial charge >= 0.3 is 0 Å². The minimum atomic E-state index is -0.168. The number of rotatable bonds is 5. The molecule has 1 amide bonds. The maximum atomic E-state index is 12.4. The average Bonchev–Trinajstić information content (AvgIpc) is 3.19. The van der Waals surface area contributed by atoms with E-state index in [1.54, 1.807) is 11.3 Å². The van der Waals surface area contributed by atoms with E-state index in [1.807, 2.05) is 10.7 Å². The summed E-state index contributed by atoms with van der Waals surface area (Å²) in [6.07, 6.45) is 1.33. The van der Waals surface area contributed by atoms with Crippen molar-refractivity contribution >= 4 is 17.2 Å². The predicted molar refractivity (Wildman–Crippen MR) is 99.9 cm³/mol. The first kappa shape index (κ1) is 18.1. The fourth-order valence-electron chi connectivity index (χ4n) is 3.24. The third kappa shape index (κ3) is 4.10. The number of hydrogen-bond donors (Lipinski definition) is 1. The lowest BCUT2D eigenvalue weighted by Gasteiger charge is -2.34. The van der Waals surface area contributed by atoms with Gasteiger partial charge in [0.15, 0.2) is 5.82 Å². The fourth-order valence-corrected chi connectivity index (χ4v) is 3.94. The number of nitrogens with zero attached hydrogens (tertiary/aromatic N) is 4. The summed E-state index contributed by atoms with van der Waals surface area (Å²) in [5.41, 5.74) is -0.168. The number of aromatic nitrogens is 3. The fraction of sp³-hybridized carbons (Fsp3) is 0.611. The van der Waals surface area contributed by atoms with Crippen LogP contribution in [0.3, 0.4) is 0 Å². The second-order valence-corrected chi connectivity index (χ2v) is 8.45. The summed E-state index contributed by atoms with van der Waals surface area (Å²) < 4.78 is 1.99. The van der Waals surface area contributed by atoms with Crippen LogP contribution in [0.1, 0.15) is 44.2 Å². The number of likely N-dealkylation sites (N-methyl/N-ethyl adjacent to an activating group) is 1. The zero-order chi connectivity index (χ0) is 18.0. The highest BCUT2D eigenvalue weighted by molar-refractivity contribution is 7.09. The van der Waals surface area contributed by atoms with Crippen molar-refractivity contribution in [2.75, 3.05) is 19.6 Å². The molecule has 1 N–H and O–H groups in total. The van der Waals surface area contributed by atoms with Crippen LogP contribution in [0.5, 0.6) is 0 Å². The highest BCUT2D eigenvalue weighted by Gasteiger charge is 2.32. The Morgan fingerprint density at radius 2 is 2.20 bits per heavy atom. The van der Waals surface area contributed by atoms with Crippen molar-refractivity contribution in [1.82, 2.24) is 25.0 Å². The van der Waals surface area contributed by atoms with Crippen LogP contribution >= 0.6 is 11.3 Å². The summed E-state index contributed by atoms with van der Waals surface area (Å²) in [6, 6.07) is 3.99. The van der Waals surface area contributed by atoms with Crippen molar-refractivity contribution < 1.29 is 4.79 Å². The summed E-state index contributed by atoms with van der Waals surface area (Å²) in [4.78, 5) is 20.7. The molecule has 0 bridgehead atoms. The number of carbonyl (C=O) groups is 1. The van der Waals surface area contributed by atoms with Crippen molar-refractivity contribution in [1.29, 1.82) is 0 Å². The van der Waals surface area contributed by atoms with Crippen LogP contribution in [-0.2, 0) is 23.2 Å². The molecule has 136 valence electrons. The van der Waals surface area contributed by atoms with Gasteiger partial charge in [-0.15, -0.1) is 11.3 Å². The van der Waals surface area contributed by atoms with E-state index < -0.39 is 0 Å². The topological polar surface area (TPSA) is 63.1 Å². The van der Waals surface area contributed by atoms with E-state index in [0.717, 1.165) is 37.7 Å². The molecule has 3 heterocycles. The van der Waals surface area contributed by atoms with Crippen LogP contribution in [0.2, 0.25) is 0 Å². The minimum absolute atomic E-state index is 0.0939. The van der Waals surface area contributed by atoms with E-state index >= 15 is 0 Å². The van der Waals surface area contributed by atoms with Crippen molar-refractivity contribution in [2.45, 2.75) is 52.1 Å². The lowest BCUT2D eigenvalue weighted by atomic mass is 10.1. The van der Waals surface area contributed by atoms with Gasteiger partial charge in [0.25, 0.3) is 0 Å². The highest BCUT2D eigenvalue weighted by atomic mass is 32.1. The van der Waals surface area contributed by atoms with E-state index in [4.69, 9.17) is 10.1 Å². The maximum Gasteiger partial charge on any atom is 0.237 e. The Labute approximate surface area is 153 Å². The monoisotopic (exact) mass is 361 g/mol. The molecule has 0 unspecified atom stereocenters. The van der Waals surface area contributed by atoms with Crippen LogP contribution in [0, 0.1) is 0 Å². The summed E-state index contributed by atoms with van der Waals surface area (Å²) in [5.74, 6) is 1.81. The second-order valence-electron chi connectivity index (χ2n) is 7.42. The van der Waals surface area contributed by atoms with Crippen LogP contribution in [0.25, 0.3) is 0 Å². The maximum absolute atomic E-state index is 12.4. The number of amides is 1. The van der Waals surface area contributed by atoms with E-state index in [9.17, 15) is 4.79 Å². The van der Waals surface area contributed by atoms with Gasteiger partial charge in [0.05, 0.1) is 11.6 Å². The Balaban J connectivity index is 1.88. The molecule has 25 heavy (non-hydrogen) atoms. The Morgan fingerprint density at radius 3 is 2.84 bits per heavy atom. The van der Waals surface area contributed by atoms with Crippen LogP contribution in [0.15, 0.2) is 17.5 Å². The third-order valence-electron chi connectivity index (χ3n) is 4.49. The van der Waals surface area contributed by atoms with Gasteiger partial charge in [0.2, 0.25) is 5.91 Å². The number of thiophene rings is 1. The standard InChI is InChI=1S/C18H27N5OS/c1-5-22-9-8-19-17(24)14(22)12-16-20-15(11-13-7-6-10-25-13)21-23(16)18(2,3)4/h6-7,10,14H,5,8-9,11-12H2,1-4H3,(H,19,24)/t14-/m1/s1. The summed E-state index contributed by atoms with van der Waals surface area (Å²) in [7, 11) is 0. The number of carbonyl (C=O) groups excluding carboxylic acids is 1. The lowest BCUT2D eigenvalue weighted by Crippen LogP contribution is -2.56. The van der Waals surface area contributed by atoms with Crippen LogP contribution in [0.4, 0.5) is 0 Å². The Bertz CT molecular complexity index is 716. The highest BCUT2D eigenvalue weighted by Crippen LogP contribution is 2.20. The van der Waals surface area contributed by atoms with E-state index in [-0.39, 0.29) is 17.5 Å². The molecule has 6 nitrogen and oxygen atoms in total. The quantitative estimate of drug-likeness (QED) is 0.885. The van der Waals surface area contributed by atoms with Gasteiger partial charge in [0.1, 0.15) is 5.82 Å². The lowest BCUT2D eigenvalue weighted by molar-refractivity contribution is -0.128. The van der Waals surface area contributed by atoms with Gasteiger partial charge < -0.3 is 5.32 Å². The Kier molecular flexibility index (Phi) is 5.24. The molecule has 3 rings (SSSR count). The van der Waals surface area contributed by atoms with E-state index in [1.165, 1.54) is 4.88 Å². The van der Waals surface area contributed by atoms with Gasteiger partial charge in [-0.05, 0) is 38.8 Å². The number of piperazine rings is 1. The minimum Gasteiger partial charge on any atom is -0.353 e. The molecule has 0 spiro atoms. The van der Waals surface area contributed by atoms with Gasteiger partial charge in [-0.25, -0.2) is 9.67 Å². The first-order chi connectivity index (χ1) is 11.9. The SMILES string of the molecule is CCN1CCNC(=O)[C@H]1Cc1nc(Cc2cccs2)nn1C(C)(C)C. The van der Waals surface area contributed by atoms with Gasteiger partial charge in [-0.2, -0.15) is 5.10 Å². The predicted octanol–water partition coefficient (Wildman–Crippen LogP) is 2.05. The van der Waals surface area contributed by atoms with E-state index in [0.29, 0.717) is 6.42 Å². The van der Waals surface area contributed by atoms with Crippen LogP contribution < -0.4 is 5.32 Å². The summed E-state index contributed by atoms with van der Waals surface area (Å²) in [5, 5.41) is 9.81. The molecule has 1 atom stereocenters. The van der Waals surface area contributed by atoms with E-state index in [2.05, 4.69) is 49.4 Å². The molecule has 0 aliphatic carbocycles. The Hall–Kier alpha value is -1.73. The number of nitrogens with one attached hydrogen (secondary N) is 1. The van der Waals surface area contributed by atoms with Crippen molar-refractivity contribution in [3.63, 3.8) is 0 Å². The molecule has 0 radical (unpaired) electrons. The molecule has 1 aliphatic heterocycles. The number of hydrogen-bond acceptors (Lipinski definition) is 5. The normalized spacial score (nSPS) is 19.2. The van der Waals surface area contributed by atoms with Gasteiger partial charge in [-0.1, -0.05) is 13.0 Å². The summed E-state index contributed by atoms with van der Waals surface area (Å²) >= 11 is 1.72. The smallest absolute Gasteiger partial charge is 0.237 e. The molecule has 2 aromatic heterocycles. The van der Waals surface area contributed by atoms with Crippen molar-refractivity contribution in [3.05, 3.63) is 34.0 Å². The van der Waals surface area contributed by atoms with Crippen molar-refractivity contribution in [2.24, 2.45) is 0 Å². The zero-order valence-electron chi connectivity index (χ0n) is 15.5. The first-order valence-corrected chi connectivity index (χ1v) is 9.76. The molecule has 0 saturated carbocycles. The molecule has 1 saturated heterocycles. The van der Waals surface area contributed by atoms with Crippen molar-refractivity contribution in [3.8, 4) is 0 Å². The molecule has 2 aromatic rings. The molecular weight excluding hydrogens is 334 g/mol. The van der Waals surface area contributed by atoms with Gasteiger partial charge in [0, 0.05) is 30.8 Å². The Morgan fingerprint density at radius 1 is 1.40 bits per heavy atom. The van der Waals surface area contributed by atoms with Crippen LogP contribution in [-0.4, -0.2) is 51.2 Å².